The summed E-state index contributed by atoms with van der Waals surface area (Å²) >= 11 is 0. The number of rotatable bonds is 3. The lowest BCUT2D eigenvalue weighted by Crippen LogP contribution is -2.15. The Balaban J connectivity index is 0. The highest BCUT2D eigenvalue weighted by Crippen LogP contribution is 1.96. The van der Waals surface area contributed by atoms with Gasteiger partial charge in [-0.3, -0.25) is 4.55 Å². The molecule has 0 spiro atoms. The summed E-state index contributed by atoms with van der Waals surface area (Å²) in [4.78, 5) is 0. The van der Waals surface area contributed by atoms with Crippen LogP contribution in [0.25, 0.3) is 0 Å². The summed E-state index contributed by atoms with van der Waals surface area (Å²) < 4.78 is 31.1. The van der Waals surface area contributed by atoms with E-state index in [0.29, 0.717) is 0 Å². The van der Waals surface area contributed by atoms with E-state index in [9.17, 15) is 8.42 Å². The standard InChI is InChI=1S/C3H8O5S.ClH/c1-2-3(4)8-9(5,6)7;/h3-4H,2H2,1H3,(H,5,6,7);1H. The molecule has 5 nitrogen and oxygen atoms in total. The van der Waals surface area contributed by atoms with Gasteiger partial charge in [0.15, 0.2) is 6.29 Å². The molecule has 0 saturated heterocycles. The Labute approximate surface area is 65.4 Å². The van der Waals surface area contributed by atoms with E-state index in [1.165, 1.54) is 6.92 Å². The molecular formula is C3H9ClO5S. The van der Waals surface area contributed by atoms with Crippen molar-refractivity contribution in [2.75, 3.05) is 0 Å². The van der Waals surface area contributed by atoms with Crippen LogP contribution in [0.4, 0.5) is 0 Å². The topological polar surface area (TPSA) is 83.8 Å². The second-order valence-electron chi connectivity index (χ2n) is 1.39. The summed E-state index contributed by atoms with van der Waals surface area (Å²) in [5, 5.41) is 8.43. The maximum absolute atomic E-state index is 9.77. The molecule has 0 aliphatic carbocycles. The van der Waals surface area contributed by atoms with Crippen molar-refractivity contribution < 1.29 is 22.3 Å². The fraction of sp³-hybridized carbons (Fsp3) is 1.00. The average Bonchev–Trinajstić information content (AvgIpc) is 1.62. The van der Waals surface area contributed by atoms with Crippen LogP contribution in [0.15, 0.2) is 0 Å². The van der Waals surface area contributed by atoms with Gasteiger partial charge in [0.1, 0.15) is 0 Å². The third-order valence-corrected chi connectivity index (χ3v) is 1.05. The normalized spacial score (nSPS) is 13.9. The number of hydrogen-bond acceptors (Lipinski definition) is 4. The van der Waals surface area contributed by atoms with Crippen molar-refractivity contribution in [2.24, 2.45) is 0 Å². The summed E-state index contributed by atoms with van der Waals surface area (Å²) in [5.41, 5.74) is 0. The monoisotopic (exact) mass is 192 g/mol. The molecule has 0 aromatic heterocycles. The fourth-order valence-electron chi connectivity index (χ4n) is 0.208. The van der Waals surface area contributed by atoms with E-state index in [1.807, 2.05) is 0 Å². The minimum absolute atomic E-state index is 0. The molecule has 0 rings (SSSR count). The SMILES string of the molecule is CCC(O)OS(=O)(=O)O.Cl. The molecule has 64 valence electrons. The van der Waals surface area contributed by atoms with Crippen LogP contribution in [0.5, 0.6) is 0 Å². The molecule has 0 aromatic rings. The highest BCUT2D eigenvalue weighted by Gasteiger charge is 2.10. The summed E-state index contributed by atoms with van der Waals surface area (Å²) in [6, 6.07) is 0. The van der Waals surface area contributed by atoms with E-state index in [0.717, 1.165) is 0 Å². The third kappa shape index (κ3) is 8.12. The predicted octanol–water partition coefficient (Wildman–Crippen LogP) is -0.0440. The lowest BCUT2D eigenvalue weighted by Gasteiger charge is -2.03. The zero-order chi connectivity index (χ0) is 7.49. The van der Waals surface area contributed by atoms with Gasteiger partial charge in [0, 0.05) is 0 Å². The molecule has 0 bridgehead atoms. The molecule has 0 saturated carbocycles. The summed E-state index contributed by atoms with van der Waals surface area (Å²) in [6.45, 7) is 1.51. The maximum atomic E-state index is 9.77. The Kier molecular flexibility index (Phi) is 6.21. The van der Waals surface area contributed by atoms with Crippen LogP contribution in [-0.4, -0.2) is 24.4 Å². The van der Waals surface area contributed by atoms with Crippen molar-refractivity contribution in [1.29, 1.82) is 0 Å². The van der Waals surface area contributed by atoms with Crippen molar-refractivity contribution in [3.05, 3.63) is 0 Å². The Morgan fingerprint density at radius 2 is 2.00 bits per heavy atom. The van der Waals surface area contributed by atoms with Crippen molar-refractivity contribution in [2.45, 2.75) is 19.6 Å². The summed E-state index contributed by atoms with van der Waals surface area (Å²) in [6.07, 6.45) is -1.33. The van der Waals surface area contributed by atoms with Gasteiger partial charge in [-0.2, -0.15) is 8.42 Å². The highest BCUT2D eigenvalue weighted by molar-refractivity contribution is 7.80. The van der Waals surface area contributed by atoms with Crippen molar-refractivity contribution >= 4 is 22.8 Å². The van der Waals surface area contributed by atoms with E-state index in [1.54, 1.807) is 0 Å². The Morgan fingerprint density at radius 3 is 2.10 bits per heavy atom. The first kappa shape index (κ1) is 12.8. The van der Waals surface area contributed by atoms with Gasteiger partial charge >= 0.3 is 10.4 Å². The van der Waals surface area contributed by atoms with Crippen LogP contribution in [0.2, 0.25) is 0 Å². The van der Waals surface area contributed by atoms with Crippen molar-refractivity contribution in [3.63, 3.8) is 0 Å². The smallest absolute Gasteiger partial charge is 0.367 e. The fourth-order valence-corrected chi connectivity index (χ4v) is 0.625. The highest BCUT2D eigenvalue weighted by atomic mass is 35.5. The van der Waals surface area contributed by atoms with Crippen LogP contribution < -0.4 is 0 Å². The van der Waals surface area contributed by atoms with Crippen LogP contribution in [0.3, 0.4) is 0 Å². The Hall–Kier alpha value is 0.120. The van der Waals surface area contributed by atoms with Crippen LogP contribution in [-0.2, 0) is 14.6 Å². The minimum atomic E-state index is -4.49. The lowest BCUT2D eigenvalue weighted by atomic mass is 10.5. The molecule has 0 fully saturated rings. The van der Waals surface area contributed by atoms with Gasteiger partial charge < -0.3 is 5.11 Å². The molecule has 0 radical (unpaired) electrons. The predicted molar refractivity (Wildman–Crippen MR) is 36.2 cm³/mol. The molecule has 0 aliphatic rings. The van der Waals surface area contributed by atoms with Gasteiger partial charge in [-0.25, -0.2) is 4.18 Å². The zero-order valence-corrected chi connectivity index (χ0v) is 6.85. The van der Waals surface area contributed by atoms with E-state index in [-0.39, 0.29) is 18.8 Å². The second-order valence-corrected chi connectivity index (χ2v) is 2.43. The van der Waals surface area contributed by atoms with E-state index in [4.69, 9.17) is 9.66 Å². The molecule has 7 heteroatoms. The van der Waals surface area contributed by atoms with Gasteiger partial charge in [-0.15, -0.1) is 12.4 Å². The Bertz CT molecular complexity index is 164. The van der Waals surface area contributed by atoms with E-state index >= 15 is 0 Å². The first-order chi connectivity index (χ1) is 3.95. The number of halogens is 1. The molecular weight excluding hydrogens is 184 g/mol. The lowest BCUT2D eigenvalue weighted by molar-refractivity contribution is -0.0214. The largest absolute Gasteiger partial charge is 0.399 e. The first-order valence-electron chi connectivity index (χ1n) is 2.29. The van der Waals surface area contributed by atoms with E-state index in [2.05, 4.69) is 4.18 Å². The van der Waals surface area contributed by atoms with Crippen LogP contribution >= 0.6 is 12.4 Å². The Morgan fingerprint density at radius 1 is 1.60 bits per heavy atom. The molecule has 1 atom stereocenters. The number of hydrogen-bond donors (Lipinski definition) is 2. The van der Waals surface area contributed by atoms with Gasteiger partial charge in [0.05, 0.1) is 0 Å². The number of aliphatic hydroxyl groups excluding tert-OH is 1. The molecule has 0 heterocycles. The quantitative estimate of drug-likeness (QED) is 0.484. The maximum Gasteiger partial charge on any atom is 0.399 e. The summed E-state index contributed by atoms with van der Waals surface area (Å²) in [7, 11) is -4.49. The molecule has 2 N–H and O–H groups in total. The van der Waals surface area contributed by atoms with Crippen molar-refractivity contribution in [3.8, 4) is 0 Å². The summed E-state index contributed by atoms with van der Waals surface area (Å²) in [5.74, 6) is 0. The van der Waals surface area contributed by atoms with Gasteiger partial charge in [0.2, 0.25) is 0 Å². The van der Waals surface area contributed by atoms with Gasteiger partial charge in [-0.1, -0.05) is 6.92 Å². The number of aliphatic hydroxyl groups is 1. The molecule has 10 heavy (non-hydrogen) atoms. The second kappa shape index (κ2) is 4.86. The first-order valence-corrected chi connectivity index (χ1v) is 3.66. The molecule has 0 amide bonds. The molecule has 0 aliphatic heterocycles. The molecule has 1 unspecified atom stereocenters. The van der Waals surface area contributed by atoms with Gasteiger partial charge in [0.25, 0.3) is 0 Å². The average molecular weight is 193 g/mol. The van der Waals surface area contributed by atoms with Crippen molar-refractivity contribution in [1.82, 2.24) is 0 Å². The van der Waals surface area contributed by atoms with Crippen LogP contribution in [0, 0.1) is 0 Å². The minimum Gasteiger partial charge on any atom is -0.367 e. The van der Waals surface area contributed by atoms with E-state index < -0.39 is 16.7 Å². The molecule has 0 aromatic carbocycles. The third-order valence-electron chi connectivity index (χ3n) is 0.582. The van der Waals surface area contributed by atoms with Gasteiger partial charge in [-0.05, 0) is 6.42 Å². The van der Waals surface area contributed by atoms with Crippen LogP contribution in [0.1, 0.15) is 13.3 Å². The zero-order valence-electron chi connectivity index (χ0n) is 5.22.